The Morgan fingerprint density at radius 2 is 2.00 bits per heavy atom. The second kappa shape index (κ2) is 4.85. The summed E-state index contributed by atoms with van der Waals surface area (Å²) in [6.45, 7) is 5.06. The van der Waals surface area contributed by atoms with Crippen LogP contribution < -0.4 is 5.73 Å². The van der Waals surface area contributed by atoms with Crippen LogP contribution in [0.3, 0.4) is 0 Å². The standard InChI is InChI=1S/C7H15N/c1-7(2)5-3-4-6-8/h3-4,7H,5-6,8H2,1-2H3/b4-3-. The molecule has 0 aliphatic carbocycles. The normalized spacial score (nSPS) is 11.5. The zero-order valence-corrected chi connectivity index (χ0v) is 5.72. The zero-order chi connectivity index (χ0) is 6.41. The van der Waals surface area contributed by atoms with Crippen LogP contribution in [0.5, 0.6) is 0 Å². The minimum atomic E-state index is 0.673. The van der Waals surface area contributed by atoms with E-state index in [4.69, 9.17) is 5.73 Å². The smallest absolute Gasteiger partial charge is 0.0106 e. The van der Waals surface area contributed by atoms with E-state index in [0.29, 0.717) is 6.54 Å². The lowest BCUT2D eigenvalue weighted by atomic mass is 10.1. The van der Waals surface area contributed by atoms with Crippen LogP contribution >= 0.6 is 0 Å². The third kappa shape index (κ3) is 5.70. The molecule has 0 radical (unpaired) electrons. The molecule has 48 valence electrons. The third-order valence-electron chi connectivity index (χ3n) is 0.910. The highest BCUT2D eigenvalue weighted by Gasteiger charge is 1.84. The fourth-order valence-corrected chi connectivity index (χ4v) is 0.465. The Morgan fingerprint density at radius 3 is 2.38 bits per heavy atom. The van der Waals surface area contributed by atoms with Crippen LogP contribution in [-0.2, 0) is 0 Å². The van der Waals surface area contributed by atoms with Crippen molar-refractivity contribution < 1.29 is 0 Å². The first-order valence-electron chi connectivity index (χ1n) is 3.12. The summed E-state index contributed by atoms with van der Waals surface area (Å²) in [4.78, 5) is 0. The Labute approximate surface area is 51.6 Å². The van der Waals surface area contributed by atoms with Crippen LogP contribution in [0, 0.1) is 5.92 Å². The number of hydrogen-bond donors (Lipinski definition) is 1. The summed E-state index contributed by atoms with van der Waals surface area (Å²) in [5.41, 5.74) is 5.23. The molecule has 0 aromatic rings. The highest BCUT2D eigenvalue weighted by atomic mass is 14.5. The van der Waals surface area contributed by atoms with Crippen LogP contribution in [0.15, 0.2) is 12.2 Å². The average molecular weight is 113 g/mol. The van der Waals surface area contributed by atoms with Gasteiger partial charge in [0, 0.05) is 6.54 Å². The first-order valence-corrected chi connectivity index (χ1v) is 3.12. The van der Waals surface area contributed by atoms with Gasteiger partial charge in [-0.15, -0.1) is 0 Å². The number of allylic oxidation sites excluding steroid dienone is 1. The summed E-state index contributed by atoms with van der Waals surface area (Å²) in [5.74, 6) is 0.762. The van der Waals surface area contributed by atoms with E-state index in [1.165, 1.54) is 0 Å². The van der Waals surface area contributed by atoms with Crippen molar-refractivity contribution in [3.05, 3.63) is 12.2 Å². The van der Waals surface area contributed by atoms with Crippen molar-refractivity contribution in [3.63, 3.8) is 0 Å². The van der Waals surface area contributed by atoms with Gasteiger partial charge in [0.05, 0.1) is 0 Å². The molecule has 0 heterocycles. The van der Waals surface area contributed by atoms with E-state index in [-0.39, 0.29) is 0 Å². The Balaban J connectivity index is 3.03. The van der Waals surface area contributed by atoms with Gasteiger partial charge in [0.15, 0.2) is 0 Å². The molecule has 1 heteroatoms. The molecule has 2 N–H and O–H groups in total. The fraction of sp³-hybridized carbons (Fsp3) is 0.714. The molecule has 0 aromatic heterocycles. The number of rotatable bonds is 3. The van der Waals surface area contributed by atoms with E-state index >= 15 is 0 Å². The van der Waals surface area contributed by atoms with Gasteiger partial charge >= 0.3 is 0 Å². The van der Waals surface area contributed by atoms with Gasteiger partial charge in [-0.3, -0.25) is 0 Å². The van der Waals surface area contributed by atoms with Gasteiger partial charge in [0.25, 0.3) is 0 Å². The second-order valence-corrected chi connectivity index (χ2v) is 2.34. The van der Waals surface area contributed by atoms with E-state index in [0.717, 1.165) is 12.3 Å². The van der Waals surface area contributed by atoms with E-state index in [1.54, 1.807) is 0 Å². The Morgan fingerprint density at radius 1 is 1.38 bits per heavy atom. The Hall–Kier alpha value is -0.300. The quantitative estimate of drug-likeness (QED) is 0.552. The third-order valence-corrected chi connectivity index (χ3v) is 0.910. The highest BCUT2D eigenvalue weighted by Crippen LogP contribution is 1.98. The molecular formula is C7H15N. The van der Waals surface area contributed by atoms with Crippen LogP contribution in [0.4, 0.5) is 0 Å². The van der Waals surface area contributed by atoms with Gasteiger partial charge in [0.1, 0.15) is 0 Å². The van der Waals surface area contributed by atoms with Crippen LogP contribution in [0.25, 0.3) is 0 Å². The monoisotopic (exact) mass is 113 g/mol. The minimum absolute atomic E-state index is 0.673. The van der Waals surface area contributed by atoms with Crippen LogP contribution in [0.1, 0.15) is 20.3 Å². The molecule has 0 bridgehead atoms. The van der Waals surface area contributed by atoms with Crippen molar-refractivity contribution in [2.24, 2.45) is 11.7 Å². The van der Waals surface area contributed by atoms with Gasteiger partial charge in [-0.1, -0.05) is 26.0 Å². The molecule has 0 aromatic carbocycles. The van der Waals surface area contributed by atoms with E-state index in [2.05, 4.69) is 19.9 Å². The summed E-state index contributed by atoms with van der Waals surface area (Å²) < 4.78 is 0. The predicted molar refractivity (Wildman–Crippen MR) is 37.6 cm³/mol. The first kappa shape index (κ1) is 7.70. The maximum absolute atomic E-state index is 5.23. The molecule has 0 fully saturated rings. The average Bonchev–Trinajstić information content (AvgIpc) is 1.66. The molecule has 0 aliphatic heterocycles. The second-order valence-electron chi connectivity index (χ2n) is 2.34. The maximum Gasteiger partial charge on any atom is 0.0106 e. The lowest BCUT2D eigenvalue weighted by Gasteiger charge is -1.94. The van der Waals surface area contributed by atoms with Gasteiger partial charge in [-0.2, -0.15) is 0 Å². The molecule has 8 heavy (non-hydrogen) atoms. The number of hydrogen-bond acceptors (Lipinski definition) is 1. The number of nitrogens with two attached hydrogens (primary N) is 1. The van der Waals surface area contributed by atoms with Crippen molar-refractivity contribution in [2.75, 3.05) is 6.54 Å². The van der Waals surface area contributed by atoms with Crippen molar-refractivity contribution >= 4 is 0 Å². The van der Waals surface area contributed by atoms with Gasteiger partial charge < -0.3 is 5.73 Å². The van der Waals surface area contributed by atoms with Crippen molar-refractivity contribution in [1.82, 2.24) is 0 Å². The van der Waals surface area contributed by atoms with Gasteiger partial charge in [-0.05, 0) is 12.3 Å². The molecule has 0 rings (SSSR count). The topological polar surface area (TPSA) is 26.0 Å². The predicted octanol–water partition coefficient (Wildman–Crippen LogP) is 1.55. The molecule has 0 amide bonds. The van der Waals surface area contributed by atoms with Crippen LogP contribution in [-0.4, -0.2) is 6.54 Å². The molecule has 0 atom stereocenters. The maximum atomic E-state index is 5.23. The van der Waals surface area contributed by atoms with E-state index in [1.807, 2.05) is 6.08 Å². The summed E-state index contributed by atoms with van der Waals surface area (Å²) in [6, 6.07) is 0. The minimum Gasteiger partial charge on any atom is -0.327 e. The SMILES string of the molecule is CC(C)C/C=C\CN. The lowest BCUT2D eigenvalue weighted by Crippen LogP contribution is -1.92. The Kier molecular flexibility index (Phi) is 4.67. The largest absolute Gasteiger partial charge is 0.327 e. The van der Waals surface area contributed by atoms with Crippen molar-refractivity contribution in [1.29, 1.82) is 0 Å². The van der Waals surface area contributed by atoms with Gasteiger partial charge in [-0.25, -0.2) is 0 Å². The molecule has 0 aliphatic rings. The molecule has 0 saturated carbocycles. The lowest BCUT2D eigenvalue weighted by molar-refractivity contribution is 0.663. The summed E-state index contributed by atoms with van der Waals surface area (Å²) in [7, 11) is 0. The summed E-state index contributed by atoms with van der Waals surface area (Å²) in [6.07, 6.45) is 5.28. The molecule has 0 spiro atoms. The van der Waals surface area contributed by atoms with Crippen molar-refractivity contribution in [3.8, 4) is 0 Å². The summed E-state index contributed by atoms with van der Waals surface area (Å²) in [5, 5.41) is 0. The first-order chi connectivity index (χ1) is 3.77. The highest BCUT2D eigenvalue weighted by molar-refractivity contribution is 4.82. The van der Waals surface area contributed by atoms with E-state index in [9.17, 15) is 0 Å². The van der Waals surface area contributed by atoms with Crippen molar-refractivity contribution in [2.45, 2.75) is 20.3 Å². The van der Waals surface area contributed by atoms with Crippen LogP contribution in [0.2, 0.25) is 0 Å². The zero-order valence-electron chi connectivity index (χ0n) is 5.72. The summed E-state index contributed by atoms with van der Waals surface area (Å²) >= 11 is 0. The molecule has 0 saturated heterocycles. The van der Waals surface area contributed by atoms with Gasteiger partial charge in [0.2, 0.25) is 0 Å². The Bertz CT molecular complexity index is 64.8. The molecule has 0 unspecified atom stereocenters. The molecule has 1 nitrogen and oxygen atoms in total. The fourth-order valence-electron chi connectivity index (χ4n) is 0.465. The molecular weight excluding hydrogens is 98.1 g/mol. The van der Waals surface area contributed by atoms with E-state index < -0.39 is 0 Å².